The number of benzene rings is 1. The highest BCUT2D eigenvalue weighted by Crippen LogP contribution is 2.38. The van der Waals surface area contributed by atoms with E-state index in [1.807, 2.05) is 18.4 Å². The average molecular weight is 381 g/mol. The van der Waals surface area contributed by atoms with Crippen molar-refractivity contribution in [3.05, 3.63) is 53.5 Å². The summed E-state index contributed by atoms with van der Waals surface area (Å²) in [7, 11) is 1.50. The predicted molar refractivity (Wildman–Crippen MR) is 110 cm³/mol. The number of nitrogens with zero attached hydrogens (tertiary/aromatic N) is 3. The summed E-state index contributed by atoms with van der Waals surface area (Å²) in [4.78, 5) is 8.37. The lowest BCUT2D eigenvalue weighted by atomic mass is 9.99. The van der Waals surface area contributed by atoms with E-state index in [9.17, 15) is 0 Å². The topological polar surface area (TPSA) is 178 Å². The molecule has 10 nitrogen and oxygen atoms in total. The van der Waals surface area contributed by atoms with Crippen LogP contribution in [0, 0.1) is 5.41 Å². The molecule has 0 aliphatic carbocycles. The second-order valence-corrected chi connectivity index (χ2v) is 6.10. The molecule has 1 aromatic heterocycles. The van der Waals surface area contributed by atoms with Crippen molar-refractivity contribution < 1.29 is 4.74 Å². The number of nitrogens with two attached hydrogens (primary N) is 4. The number of nitrogen functional groups attached to an aromatic ring is 2. The summed E-state index contributed by atoms with van der Waals surface area (Å²) in [5.74, 6) is 7.34. The van der Waals surface area contributed by atoms with Gasteiger partial charge in [0.15, 0.2) is 5.82 Å². The maximum absolute atomic E-state index is 7.54. The molecular formula is C18H23N9O. The maximum atomic E-state index is 7.54. The average Bonchev–Trinajstić information content (AvgIpc) is 2.73. The zero-order valence-corrected chi connectivity index (χ0v) is 15.4. The molecule has 1 aromatic carbocycles. The van der Waals surface area contributed by atoms with Crippen molar-refractivity contribution in [2.45, 2.75) is 6.04 Å². The molecule has 10 heteroatoms. The van der Waals surface area contributed by atoms with E-state index >= 15 is 0 Å². The highest BCUT2D eigenvalue weighted by atomic mass is 16.5. The first-order chi connectivity index (χ1) is 13.5. The molecule has 2 heterocycles. The molecule has 10 N–H and O–H groups in total. The van der Waals surface area contributed by atoms with Gasteiger partial charge in [0.1, 0.15) is 23.6 Å². The number of ether oxygens (including phenoxy) is 1. The molecule has 3 rings (SSSR count). The van der Waals surface area contributed by atoms with Crippen LogP contribution < -0.4 is 38.1 Å². The molecule has 0 fully saturated rings. The highest BCUT2D eigenvalue weighted by molar-refractivity contribution is 5.89. The summed E-state index contributed by atoms with van der Waals surface area (Å²) < 4.78 is 5.40. The third-order valence-electron chi connectivity index (χ3n) is 4.41. The Morgan fingerprint density at radius 2 is 2.11 bits per heavy atom. The van der Waals surface area contributed by atoms with Gasteiger partial charge in [0.25, 0.3) is 0 Å². The summed E-state index contributed by atoms with van der Waals surface area (Å²) in [5.41, 5.74) is 21.1. The van der Waals surface area contributed by atoms with Crippen molar-refractivity contribution in [1.82, 2.24) is 15.3 Å². The predicted octanol–water partition coefficient (Wildman–Crippen LogP) is 0.702. The van der Waals surface area contributed by atoms with Crippen LogP contribution >= 0.6 is 0 Å². The van der Waals surface area contributed by atoms with Crippen molar-refractivity contribution in [2.24, 2.45) is 11.6 Å². The number of aromatic nitrogens is 2. The number of hydrogen-bond acceptors (Lipinski definition) is 10. The zero-order valence-electron chi connectivity index (χ0n) is 15.4. The van der Waals surface area contributed by atoms with Crippen molar-refractivity contribution in [1.29, 1.82) is 5.41 Å². The van der Waals surface area contributed by atoms with Crippen LogP contribution in [0.2, 0.25) is 0 Å². The summed E-state index contributed by atoms with van der Waals surface area (Å²) >= 11 is 0. The highest BCUT2D eigenvalue weighted by Gasteiger charge is 2.25. The number of rotatable bonds is 6. The van der Waals surface area contributed by atoms with E-state index in [4.69, 9.17) is 33.2 Å². The summed E-state index contributed by atoms with van der Waals surface area (Å²) in [6, 6.07) is 2.62. The normalized spacial score (nSPS) is 14.0. The Morgan fingerprint density at radius 1 is 1.32 bits per heavy atom. The fourth-order valence-corrected chi connectivity index (χ4v) is 2.93. The summed E-state index contributed by atoms with van der Waals surface area (Å²) in [6.07, 6.45) is 8.13. The van der Waals surface area contributed by atoms with Crippen LogP contribution in [0.1, 0.15) is 17.2 Å². The van der Waals surface area contributed by atoms with Crippen molar-refractivity contribution >= 4 is 29.2 Å². The monoisotopic (exact) mass is 381 g/mol. The molecule has 1 aliphatic heterocycles. The number of anilines is 4. The minimum absolute atomic E-state index is 0.217. The van der Waals surface area contributed by atoms with Gasteiger partial charge in [0.05, 0.1) is 18.7 Å². The first-order valence-corrected chi connectivity index (χ1v) is 8.46. The minimum atomic E-state index is -0.603. The molecule has 0 radical (unpaired) electrons. The Labute approximate surface area is 162 Å². The van der Waals surface area contributed by atoms with Crippen molar-refractivity contribution in [3.63, 3.8) is 0 Å². The molecule has 1 atom stereocenters. The van der Waals surface area contributed by atoms with Crippen LogP contribution in [0.4, 0.5) is 23.0 Å². The molecule has 0 saturated heterocycles. The molecule has 1 unspecified atom stereocenters. The number of nitrogens with one attached hydrogen (secondary N) is 2. The number of hydrazine groups is 1. The van der Waals surface area contributed by atoms with Crippen molar-refractivity contribution in [2.75, 3.05) is 30.1 Å². The van der Waals surface area contributed by atoms with Crippen LogP contribution in [0.15, 0.2) is 42.4 Å². The van der Waals surface area contributed by atoms with E-state index in [1.54, 1.807) is 12.1 Å². The lowest BCUT2D eigenvalue weighted by Gasteiger charge is -2.26. The van der Waals surface area contributed by atoms with Gasteiger partial charge in [-0.3, -0.25) is 5.01 Å². The molecule has 0 spiro atoms. The molecular weight excluding hydrogens is 358 g/mol. The third kappa shape index (κ3) is 3.46. The minimum Gasteiger partial charge on any atom is -0.494 e. The molecule has 0 saturated carbocycles. The Bertz CT molecular complexity index is 954. The Kier molecular flexibility index (Phi) is 5.43. The van der Waals surface area contributed by atoms with E-state index < -0.39 is 6.04 Å². The number of methoxy groups -OCH3 is 1. The van der Waals surface area contributed by atoms with Crippen LogP contribution in [0.5, 0.6) is 5.75 Å². The van der Waals surface area contributed by atoms with Crippen LogP contribution in [-0.2, 0) is 0 Å². The van der Waals surface area contributed by atoms with Crippen molar-refractivity contribution in [3.8, 4) is 5.75 Å². The van der Waals surface area contributed by atoms with Gasteiger partial charge < -0.3 is 32.7 Å². The lowest BCUT2D eigenvalue weighted by Crippen LogP contribution is -2.31. The van der Waals surface area contributed by atoms with E-state index in [0.717, 1.165) is 18.3 Å². The van der Waals surface area contributed by atoms with E-state index in [1.165, 1.54) is 18.4 Å². The van der Waals surface area contributed by atoms with Crippen LogP contribution in [0.25, 0.3) is 0 Å². The molecule has 2 aromatic rings. The summed E-state index contributed by atoms with van der Waals surface area (Å²) in [6.45, 7) is 0.724. The first-order valence-electron chi connectivity index (χ1n) is 8.46. The fourth-order valence-electron chi connectivity index (χ4n) is 2.93. The largest absolute Gasteiger partial charge is 0.494 e. The van der Waals surface area contributed by atoms with Crippen LogP contribution in [-0.4, -0.2) is 29.8 Å². The Hall–Kier alpha value is -3.63. The van der Waals surface area contributed by atoms with Gasteiger partial charge in [-0.05, 0) is 11.6 Å². The standard InChI is InChI=1S/C18H23N9O/c1-28-14-6-12(20)11(7-19)5-13(14)27(23)18-15(17(22)25-9-26-18)16(21)10-3-2-4-24-8-10/h2-3,5-9,16,19,24H,4,20-21,23H2,1H3,(H2,22,25,26). The van der Waals surface area contributed by atoms with Gasteiger partial charge >= 0.3 is 0 Å². The summed E-state index contributed by atoms with van der Waals surface area (Å²) in [5, 5.41) is 12.0. The second kappa shape index (κ2) is 7.94. The molecule has 146 valence electrons. The SMILES string of the molecule is COc1cc(N)c(C=N)cc1N(N)c1ncnc(N)c1C(N)C1=CNCC=C1. The molecule has 0 bridgehead atoms. The van der Waals surface area contributed by atoms with Crippen LogP contribution in [0.3, 0.4) is 0 Å². The smallest absolute Gasteiger partial charge is 0.158 e. The quantitative estimate of drug-likeness (QED) is 0.182. The second-order valence-electron chi connectivity index (χ2n) is 6.10. The van der Waals surface area contributed by atoms with Gasteiger partial charge in [0.2, 0.25) is 0 Å². The van der Waals surface area contributed by atoms with Gasteiger partial charge in [-0.1, -0.05) is 12.2 Å². The van der Waals surface area contributed by atoms with Gasteiger partial charge in [-0.2, -0.15) is 0 Å². The Morgan fingerprint density at radius 3 is 2.75 bits per heavy atom. The molecule has 1 aliphatic rings. The Balaban J connectivity index is 2.12. The molecule has 0 amide bonds. The van der Waals surface area contributed by atoms with Gasteiger partial charge in [-0.15, -0.1) is 0 Å². The number of hydrogen-bond donors (Lipinski definition) is 6. The van der Waals surface area contributed by atoms with E-state index in [2.05, 4.69) is 15.3 Å². The first kappa shape index (κ1) is 19.1. The van der Waals surface area contributed by atoms with Gasteiger partial charge in [0, 0.05) is 36.3 Å². The molecule has 28 heavy (non-hydrogen) atoms. The fraction of sp³-hybridized carbons (Fsp3) is 0.167. The van der Waals surface area contributed by atoms with Gasteiger partial charge in [-0.25, -0.2) is 15.8 Å². The maximum Gasteiger partial charge on any atom is 0.158 e. The van der Waals surface area contributed by atoms with E-state index in [0.29, 0.717) is 34.1 Å². The zero-order chi connectivity index (χ0) is 20.3. The lowest BCUT2D eigenvalue weighted by molar-refractivity contribution is 0.415. The third-order valence-corrected chi connectivity index (χ3v) is 4.41. The number of dihydropyridines is 1. The van der Waals surface area contributed by atoms with E-state index in [-0.39, 0.29) is 5.82 Å².